The van der Waals surface area contributed by atoms with Gasteiger partial charge in [-0.15, -0.1) is 0 Å². The lowest BCUT2D eigenvalue weighted by Crippen LogP contribution is -2.52. The average Bonchev–Trinajstić information content (AvgIpc) is 3.65. The molecular formula is C26H20BrF6N5O4. The van der Waals surface area contributed by atoms with Gasteiger partial charge < -0.3 is 19.7 Å². The van der Waals surface area contributed by atoms with Gasteiger partial charge in [0.2, 0.25) is 0 Å². The van der Waals surface area contributed by atoms with Crippen LogP contribution in [-0.2, 0) is 15.7 Å². The molecule has 2 fully saturated rings. The maximum absolute atomic E-state index is 14.0. The monoisotopic (exact) mass is 659 g/mol. The molecule has 9 nitrogen and oxygen atoms in total. The van der Waals surface area contributed by atoms with Crippen molar-refractivity contribution in [2.45, 2.75) is 49.7 Å². The number of aromatic nitrogens is 5. The molecular weight excluding hydrogens is 640 g/mol. The van der Waals surface area contributed by atoms with E-state index in [1.807, 2.05) is 0 Å². The van der Waals surface area contributed by atoms with Crippen molar-refractivity contribution in [1.29, 1.82) is 0 Å². The number of ether oxygens (including phenoxy) is 2. The Morgan fingerprint density at radius 2 is 1.74 bits per heavy atom. The van der Waals surface area contributed by atoms with Gasteiger partial charge in [-0.1, -0.05) is 15.9 Å². The standard InChI is InChI=1S/C26H20BrF6N5O4/c1-10-35-25(38(36-10)17-6-13(27)2-3-14(17)26(31,32)33)24-21(40)20(23-22(42-24)18(39)9-41-23)37-8-12(7-34-37)11-4-15(28)19(30)16(29)5-11/h2-8,18,20-24,39-40H,9H2,1H3/t18?,20?,21?,22?,23-,24-/m1/s1. The number of alkyl halides is 3. The third kappa shape index (κ3) is 4.90. The molecule has 6 atom stereocenters. The van der Waals surface area contributed by atoms with Crippen molar-refractivity contribution >= 4 is 15.9 Å². The van der Waals surface area contributed by atoms with Crippen LogP contribution in [0.4, 0.5) is 26.3 Å². The zero-order valence-electron chi connectivity index (χ0n) is 21.3. The van der Waals surface area contributed by atoms with E-state index in [1.54, 1.807) is 0 Å². The zero-order chi connectivity index (χ0) is 30.1. The number of halogens is 7. The van der Waals surface area contributed by atoms with Crippen LogP contribution in [0.3, 0.4) is 0 Å². The second-order valence-electron chi connectivity index (χ2n) is 9.92. The molecule has 4 aromatic rings. The first kappa shape index (κ1) is 28.8. The highest BCUT2D eigenvalue weighted by atomic mass is 79.9. The summed E-state index contributed by atoms with van der Waals surface area (Å²) in [7, 11) is 0. The number of aryl methyl sites for hydroxylation is 1. The lowest BCUT2D eigenvalue weighted by molar-refractivity contribution is -0.196. The van der Waals surface area contributed by atoms with Crippen LogP contribution in [0.5, 0.6) is 0 Å². The minimum atomic E-state index is -4.76. The molecule has 222 valence electrons. The molecule has 42 heavy (non-hydrogen) atoms. The molecule has 0 aliphatic carbocycles. The van der Waals surface area contributed by atoms with Crippen molar-refractivity contribution in [3.8, 4) is 16.8 Å². The molecule has 2 aromatic heterocycles. The second-order valence-corrected chi connectivity index (χ2v) is 10.8. The van der Waals surface area contributed by atoms with Crippen molar-refractivity contribution in [2.75, 3.05) is 6.61 Å². The molecule has 0 amide bonds. The van der Waals surface area contributed by atoms with Gasteiger partial charge in [-0.05, 0) is 42.8 Å². The van der Waals surface area contributed by atoms with Gasteiger partial charge in [-0.3, -0.25) is 4.68 Å². The molecule has 0 spiro atoms. The molecule has 2 aliphatic heterocycles. The van der Waals surface area contributed by atoms with Crippen LogP contribution in [0.15, 0.2) is 47.2 Å². The molecule has 6 rings (SSSR count). The summed E-state index contributed by atoms with van der Waals surface area (Å²) < 4.78 is 97.3. The lowest BCUT2D eigenvalue weighted by Gasteiger charge is -2.41. The van der Waals surface area contributed by atoms with Gasteiger partial charge in [-0.2, -0.15) is 23.4 Å². The van der Waals surface area contributed by atoms with Gasteiger partial charge in [-0.25, -0.2) is 22.8 Å². The predicted octanol–water partition coefficient (Wildman–Crippen LogP) is 4.44. The molecule has 2 aliphatic rings. The van der Waals surface area contributed by atoms with E-state index in [4.69, 9.17) is 9.47 Å². The normalized spacial score (nSPS) is 26.0. The second kappa shape index (κ2) is 10.4. The van der Waals surface area contributed by atoms with Crippen molar-refractivity contribution in [2.24, 2.45) is 0 Å². The van der Waals surface area contributed by atoms with Crippen LogP contribution >= 0.6 is 15.9 Å². The first-order valence-electron chi connectivity index (χ1n) is 12.5. The Morgan fingerprint density at radius 1 is 1.02 bits per heavy atom. The van der Waals surface area contributed by atoms with Crippen molar-refractivity contribution in [3.05, 3.63) is 81.9 Å². The Balaban J connectivity index is 1.43. The van der Waals surface area contributed by atoms with Crippen LogP contribution in [-0.4, -0.2) is 65.8 Å². The van der Waals surface area contributed by atoms with Crippen LogP contribution < -0.4 is 0 Å². The zero-order valence-corrected chi connectivity index (χ0v) is 22.9. The maximum atomic E-state index is 14.0. The summed E-state index contributed by atoms with van der Waals surface area (Å²) in [6.07, 6.45) is -8.41. The Bertz CT molecular complexity index is 1640. The summed E-state index contributed by atoms with van der Waals surface area (Å²) in [5, 5.41) is 30.6. The SMILES string of the molecule is Cc1nc([C@@H]2OC3C(O)CO[C@@H]3C(n3cc(-c4cc(F)c(F)c(F)c4)cn3)C2O)n(-c2cc(Br)ccc2C(F)(F)F)n1. The summed E-state index contributed by atoms with van der Waals surface area (Å²) in [6, 6.07) is 3.75. The number of benzene rings is 2. The number of aliphatic hydroxyl groups is 2. The highest BCUT2D eigenvalue weighted by Gasteiger charge is 2.54. The molecule has 0 bridgehead atoms. The fourth-order valence-electron chi connectivity index (χ4n) is 5.31. The smallest absolute Gasteiger partial charge is 0.388 e. The van der Waals surface area contributed by atoms with Gasteiger partial charge in [0.15, 0.2) is 23.3 Å². The molecule has 4 unspecified atom stereocenters. The number of rotatable bonds is 4. The Morgan fingerprint density at radius 3 is 2.43 bits per heavy atom. The third-order valence-corrected chi connectivity index (χ3v) is 7.67. The number of hydrogen-bond acceptors (Lipinski definition) is 7. The average molecular weight is 660 g/mol. The van der Waals surface area contributed by atoms with Gasteiger partial charge >= 0.3 is 6.18 Å². The van der Waals surface area contributed by atoms with E-state index in [-0.39, 0.29) is 35.1 Å². The summed E-state index contributed by atoms with van der Waals surface area (Å²) in [5.41, 5.74) is -1.27. The lowest BCUT2D eigenvalue weighted by atomic mass is 9.91. The Labute approximate surface area is 241 Å². The highest BCUT2D eigenvalue weighted by Crippen LogP contribution is 2.44. The predicted molar refractivity (Wildman–Crippen MR) is 135 cm³/mol. The van der Waals surface area contributed by atoms with Gasteiger partial charge in [0.25, 0.3) is 0 Å². The maximum Gasteiger partial charge on any atom is 0.418 e. The molecule has 0 radical (unpaired) electrons. The van der Waals surface area contributed by atoms with E-state index in [0.29, 0.717) is 4.47 Å². The molecule has 0 saturated carbocycles. The number of nitrogens with zero attached hydrogens (tertiary/aromatic N) is 5. The van der Waals surface area contributed by atoms with Crippen LogP contribution in [0, 0.1) is 24.4 Å². The van der Waals surface area contributed by atoms with E-state index in [1.165, 1.54) is 36.1 Å². The van der Waals surface area contributed by atoms with E-state index >= 15 is 0 Å². The van der Waals surface area contributed by atoms with Gasteiger partial charge in [0, 0.05) is 16.2 Å². The van der Waals surface area contributed by atoms with Crippen molar-refractivity contribution < 1.29 is 46.0 Å². The van der Waals surface area contributed by atoms with Crippen molar-refractivity contribution in [3.63, 3.8) is 0 Å². The summed E-state index contributed by atoms with van der Waals surface area (Å²) in [6.45, 7) is 1.28. The minimum absolute atomic E-state index is 0.0376. The first-order valence-corrected chi connectivity index (χ1v) is 13.3. The molecule has 16 heteroatoms. The highest BCUT2D eigenvalue weighted by molar-refractivity contribution is 9.10. The van der Waals surface area contributed by atoms with Gasteiger partial charge in [0.1, 0.15) is 42.4 Å². The van der Waals surface area contributed by atoms with Crippen LogP contribution in [0.1, 0.15) is 29.4 Å². The van der Waals surface area contributed by atoms with E-state index < -0.39 is 65.8 Å². The Kier molecular flexibility index (Phi) is 7.16. The van der Waals surface area contributed by atoms with E-state index in [2.05, 4.69) is 31.1 Å². The summed E-state index contributed by atoms with van der Waals surface area (Å²) in [4.78, 5) is 4.27. The first-order chi connectivity index (χ1) is 19.8. The fourth-order valence-corrected chi connectivity index (χ4v) is 5.66. The largest absolute Gasteiger partial charge is 0.418 e. The molecule has 2 saturated heterocycles. The van der Waals surface area contributed by atoms with Gasteiger partial charge in [0.05, 0.1) is 24.1 Å². The van der Waals surface area contributed by atoms with Crippen LogP contribution in [0.2, 0.25) is 0 Å². The summed E-state index contributed by atoms with van der Waals surface area (Å²) in [5.74, 6) is -4.55. The molecule has 2 aromatic carbocycles. The number of hydrogen-bond donors (Lipinski definition) is 2. The fraction of sp³-hybridized carbons (Fsp3) is 0.346. The number of fused-ring (bicyclic) bond motifs is 1. The third-order valence-electron chi connectivity index (χ3n) is 7.17. The Hall–Kier alpha value is -3.31. The quantitative estimate of drug-likeness (QED) is 0.246. The molecule has 2 N–H and O–H groups in total. The van der Waals surface area contributed by atoms with Crippen LogP contribution in [0.25, 0.3) is 16.8 Å². The molecule has 4 heterocycles. The van der Waals surface area contributed by atoms with E-state index in [9.17, 15) is 36.6 Å². The van der Waals surface area contributed by atoms with Crippen molar-refractivity contribution in [1.82, 2.24) is 24.5 Å². The minimum Gasteiger partial charge on any atom is -0.388 e. The van der Waals surface area contributed by atoms with E-state index in [0.717, 1.165) is 22.9 Å². The number of aliphatic hydroxyl groups excluding tert-OH is 2. The summed E-state index contributed by atoms with van der Waals surface area (Å²) >= 11 is 3.18. The topological polar surface area (TPSA) is 107 Å².